The molecule has 2 amide bonds. The van der Waals surface area contributed by atoms with Crippen LogP contribution in [0.4, 0.5) is 22.0 Å². The van der Waals surface area contributed by atoms with E-state index in [1.165, 1.54) is 0 Å². The van der Waals surface area contributed by atoms with Crippen molar-refractivity contribution in [3.05, 3.63) is 46.6 Å². The van der Waals surface area contributed by atoms with Gasteiger partial charge in [-0.3, -0.25) is 5.32 Å². The van der Waals surface area contributed by atoms with Gasteiger partial charge in [0.1, 0.15) is 5.82 Å². The molecule has 0 fully saturated rings. The summed E-state index contributed by atoms with van der Waals surface area (Å²) in [6, 6.07) is 8.46. The maximum absolute atomic E-state index is 11.6. The standard InChI is InChI=1S/C15H16Cl2N4O/c1-9(2)19-15(22)21-14-4-3-12(8-18-14)20-13-6-10(16)5-11(17)7-13/h3-9,20H,1-2H3,(H2,18,19,21,22). The average Bonchev–Trinajstić information content (AvgIpc) is 2.39. The Morgan fingerprint density at radius 3 is 2.32 bits per heavy atom. The van der Waals surface area contributed by atoms with Crippen LogP contribution in [0.15, 0.2) is 36.5 Å². The molecule has 0 saturated carbocycles. The molecule has 0 saturated heterocycles. The molecule has 22 heavy (non-hydrogen) atoms. The van der Waals surface area contributed by atoms with E-state index in [9.17, 15) is 4.79 Å². The fourth-order valence-corrected chi connectivity index (χ4v) is 2.28. The van der Waals surface area contributed by atoms with Crippen molar-refractivity contribution in [1.82, 2.24) is 10.3 Å². The summed E-state index contributed by atoms with van der Waals surface area (Å²) in [6.45, 7) is 3.77. The maximum Gasteiger partial charge on any atom is 0.320 e. The van der Waals surface area contributed by atoms with Gasteiger partial charge in [-0.25, -0.2) is 9.78 Å². The first kappa shape index (κ1) is 16.4. The average molecular weight is 339 g/mol. The zero-order chi connectivity index (χ0) is 16.1. The molecule has 0 aliphatic rings. The van der Waals surface area contributed by atoms with Crippen LogP contribution in [0.2, 0.25) is 10.0 Å². The molecule has 0 spiro atoms. The number of aromatic nitrogens is 1. The van der Waals surface area contributed by atoms with E-state index in [-0.39, 0.29) is 12.1 Å². The van der Waals surface area contributed by atoms with Gasteiger partial charge in [-0.1, -0.05) is 23.2 Å². The van der Waals surface area contributed by atoms with Crippen LogP contribution in [0, 0.1) is 0 Å². The van der Waals surface area contributed by atoms with Gasteiger partial charge < -0.3 is 10.6 Å². The van der Waals surface area contributed by atoms with Crippen molar-refractivity contribution in [3.8, 4) is 0 Å². The van der Waals surface area contributed by atoms with Crippen LogP contribution in [-0.2, 0) is 0 Å². The molecular formula is C15H16Cl2N4O. The molecule has 2 aromatic rings. The number of amides is 2. The first-order valence-corrected chi connectivity index (χ1v) is 7.44. The lowest BCUT2D eigenvalue weighted by Crippen LogP contribution is -2.34. The second-order valence-corrected chi connectivity index (χ2v) is 5.84. The minimum absolute atomic E-state index is 0.0634. The van der Waals surface area contributed by atoms with Crippen LogP contribution < -0.4 is 16.0 Å². The van der Waals surface area contributed by atoms with Crippen LogP contribution in [0.25, 0.3) is 0 Å². The highest BCUT2D eigenvalue weighted by molar-refractivity contribution is 6.35. The molecule has 1 aromatic heterocycles. The van der Waals surface area contributed by atoms with Crippen molar-refractivity contribution in [2.75, 3.05) is 10.6 Å². The van der Waals surface area contributed by atoms with Crippen molar-refractivity contribution in [2.24, 2.45) is 0 Å². The molecule has 1 aromatic carbocycles. The summed E-state index contributed by atoms with van der Waals surface area (Å²) in [4.78, 5) is 15.7. The smallest absolute Gasteiger partial charge is 0.320 e. The third-order valence-corrected chi connectivity index (χ3v) is 3.01. The SMILES string of the molecule is CC(C)NC(=O)Nc1ccc(Nc2cc(Cl)cc(Cl)c2)cn1. The Morgan fingerprint density at radius 1 is 1.09 bits per heavy atom. The van der Waals surface area contributed by atoms with Crippen LogP contribution >= 0.6 is 23.2 Å². The number of carbonyl (C=O) groups excluding carboxylic acids is 1. The molecule has 0 atom stereocenters. The number of anilines is 3. The van der Waals surface area contributed by atoms with Crippen molar-refractivity contribution >= 4 is 46.4 Å². The minimum atomic E-state index is -0.287. The highest BCUT2D eigenvalue weighted by Gasteiger charge is 2.04. The van der Waals surface area contributed by atoms with Gasteiger partial charge in [-0.2, -0.15) is 0 Å². The van der Waals surface area contributed by atoms with Gasteiger partial charge in [-0.05, 0) is 44.2 Å². The molecule has 3 N–H and O–H groups in total. The van der Waals surface area contributed by atoms with E-state index < -0.39 is 0 Å². The minimum Gasteiger partial charge on any atom is -0.354 e. The van der Waals surface area contributed by atoms with Gasteiger partial charge in [0.25, 0.3) is 0 Å². The van der Waals surface area contributed by atoms with Gasteiger partial charge in [0.2, 0.25) is 0 Å². The number of pyridine rings is 1. The lowest BCUT2D eigenvalue weighted by atomic mass is 10.3. The van der Waals surface area contributed by atoms with Gasteiger partial charge in [-0.15, -0.1) is 0 Å². The fourth-order valence-electron chi connectivity index (χ4n) is 1.75. The molecule has 5 nitrogen and oxygen atoms in total. The quantitative estimate of drug-likeness (QED) is 0.759. The molecule has 1 heterocycles. The lowest BCUT2D eigenvalue weighted by molar-refractivity contribution is 0.250. The van der Waals surface area contributed by atoms with E-state index in [1.54, 1.807) is 36.5 Å². The number of hydrogen-bond acceptors (Lipinski definition) is 3. The Kier molecular flexibility index (Phi) is 5.46. The topological polar surface area (TPSA) is 66.1 Å². The number of benzene rings is 1. The van der Waals surface area contributed by atoms with E-state index in [0.717, 1.165) is 11.4 Å². The first-order chi connectivity index (χ1) is 10.4. The largest absolute Gasteiger partial charge is 0.354 e. The van der Waals surface area contributed by atoms with E-state index in [1.807, 2.05) is 13.8 Å². The molecule has 0 aliphatic carbocycles. The zero-order valence-electron chi connectivity index (χ0n) is 12.2. The first-order valence-electron chi connectivity index (χ1n) is 6.69. The monoisotopic (exact) mass is 338 g/mol. The fraction of sp³-hybridized carbons (Fsp3) is 0.200. The van der Waals surface area contributed by atoms with Gasteiger partial charge in [0.15, 0.2) is 0 Å². The summed E-state index contributed by atoms with van der Waals surface area (Å²) in [5.74, 6) is 0.466. The Hall–Kier alpha value is -1.98. The third-order valence-electron chi connectivity index (χ3n) is 2.58. The van der Waals surface area contributed by atoms with Gasteiger partial charge in [0.05, 0.1) is 11.9 Å². The maximum atomic E-state index is 11.6. The predicted molar refractivity (Wildman–Crippen MR) is 91.3 cm³/mol. The second kappa shape index (κ2) is 7.33. The molecule has 2 rings (SSSR count). The number of carbonyl (C=O) groups is 1. The molecule has 0 bridgehead atoms. The summed E-state index contributed by atoms with van der Waals surface area (Å²) in [6.07, 6.45) is 1.61. The summed E-state index contributed by atoms with van der Waals surface area (Å²) < 4.78 is 0. The molecule has 0 unspecified atom stereocenters. The highest BCUT2D eigenvalue weighted by Crippen LogP contribution is 2.25. The van der Waals surface area contributed by atoms with Crippen molar-refractivity contribution in [3.63, 3.8) is 0 Å². The predicted octanol–water partition coefficient (Wildman–Crippen LogP) is 4.66. The molecule has 0 radical (unpaired) electrons. The second-order valence-electron chi connectivity index (χ2n) is 4.97. The van der Waals surface area contributed by atoms with Crippen molar-refractivity contribution < 1.29 is 4.79 Å². The number of urea groups is 1. The Bertz CT molecular complexity index is 639. The Labute approximate surface area is 139 Å². The third kappa shape index (κ3) is 5.09. The zero-order valence-corrected chi connectivity index (χ0v) is 13.7. The van der Waals surface area contributed by atoms with Gasteiger partial charge in [0, 0.05) is 21.8 Å². The summed E-state index contributed by atoms with van der Waals surface area (Å²) in [5.41, 5.74) is 1.52. The van der Waals surface area contributed by atoms with Crippen molar-refractivity contribution in [2.45, 2.75) is 19.9 Å². The number of halogens is 2. The number of rotatable bonds is 4. The van der Waals surface area contributed by atoms with Gasteiger partial charge >= 0.3 is 6.03 Å². The summed E-state index contributed by atoms with van der Waals surface area (Å²) in [5, 5.41) is 9.61. The van der Waals surface area contributed by atoms with Crippen molar-refractivity contribution in [1.29, 1.82) is 0 Å². The Balaban J connectivity index is 2.01. The Morgan fingerprint density at radius 2 is 1.77 bits per heavy atom. The number of nitrogens with zero attached hydrogens (tertiary/aromatic N) is 1. The van der Waals surface area contributed by atoms with Crippen LogP contribution in [0.1, 0.15) is 13.8 Å². The molecule has 116 valence electrons. The lowest BCUT2D eigenvalue weighted by Gasteiger charge is -2.11. The van der Waals surface area contributed by atoms with E-state index >= 15 is 0 Å². The highest BCUT2D eigenvalue weighted by atomic mass is 35.5. The number of nitrogens with one attached hydrogen (secondary N) is 3. The molecular weight excluding hydrogens is 323 g/mol. The van der Waals surface area contributed by atoms with E-state index in [4.69, 9.17) is 23.2 Å². The summed E-state index contributed by atoms with van der Waals surface area (Å²) >= 11 is 11.9. The number of hydrogen-bond donors (Lipinski definition) is 3. The van der Waals surface area contributed by atoms with Crippen LogP contribution in [0.3, 0.4) is 0 Å². The molecule has 7 heteroatoms. The van der Waals surface area contributed by atoms with Crippen LogP contribution in [0.5, 0.6) is 0 Å². The van der Waals surface area contributed by atoms with Crippen LogP contribution in [-0.4, -0.2) is 17.1 Å². The van der Waals surface area contributed by atoms with E-state index in [0.29, 0.717) is 15.9 Å². The summed E-state index contributed by atoms with van der Waals surface area (Å²) in [7, 11) is 0. The normalized spacial score (nSPS) is 10.4. The van der Waals surface area contributed by atoms with E-state index in [2.05, 4.69) is 20.9 Å². The molecule has 0 aliphatic heterocycles.